The van der Waals surface area contributed by atoms with Crippen molar-refractivity contribution < 1.29 is 9.53 Å². The van der Waals surface area contributed by atoms with E-state index in [1.807, 2.05) is 0 Å². The SMILES string of the molecule is Nc1ncncc1COC(=O)C[C@H]1C[C@H]2CC[C@H]1C2. The summed E-state index contributed by atoms with van der Waals surface area (Å²) in [5.74, 6) is 2.41. The molecule has 0 aromatic carbocycles. The summed E-state index contributed by atoms with van der Waals surface area (Å²) < 4.78 is 5.28. The zero-order valence-corrected chi connectivity index (χ0v) is 10.9. The molecule has 1 heterocycles. The van der Waals surface area contributed by atoms with Crippen molar-refractivity contribution in [1.82, 2.24) is 9.97 Å². The largest absolute Gasteiger partial charge is 0.461 e. The maximum absolute atomic E-state index is 11.9. The maximum atomic E-state index is 11.9. The van der Waals surface area contributed by atoms with Gasteiger partial charge in [-0.3, -0.25) is 4.79 Å². The Morgan fingerprint density at radius 3 is 3.00 bits per heavy atom. The minimum Gasteiger partial charge on any atom is -0.461 e. The first-order valence-electron chi connectivity index (χ1n) is 6.92. The van der Waals surface area contributed by atoms with Gasteiger partial charge in [-0.05, 0) is 37.0 Å². The number of anilines is 1. The first-order valence-corrected chi connectivity index (χ1v) is 6.92. The van der Waals surface area contributed by atoms with Crippen molar-refractivity contribution in [2.75, 3.05) is 5.73 Å². The molecule has 2 fully saturated rings. The van der Waals surface area contributed by atoms with Gasteiger partial charge in [0, 0.05) is 18.2 Å². The molecule has 2 saturated carbocycles. The molecule has 2 bridgehead atoms. The molecule has 2 aliphatic carbocycles. The molecule has 0 radical (unpaired) electrons. The zero-order chi connectivity index (χ0) is 13.2. The Morgan fingerprint density at radius 2 is 2.32 bits per heavy atom. The van der Waals surface area contributed by atoms with Gasteiger partial charge in [0.1, 0.15) is 18.8 Å². The lowest BCUT2D eigenvalue weighted by Gasteiger charge is -2.20. The monoisotopic (exact) mass is 261 g/mol. The highest BCUT2D eigenvalue weighted by molar-refractivity contribution is 5.70. The molecule has 0 amide bonds. The van der Waals surface area contributed by atoms with E-state index in [2.05, 4.69) is 9.97 Å². The number of fused-ring (bicyclic) bond motifs is 2. The summed E-state index contributed by atoms with van der Waals surface area (Å²) in [5, 5.41) is 0. The number of nitrogens with zero attached hydrogens (tertiary/aromatic N) is 2. The van der Waals surface area contributed by atoms with E-state index < -0.39 is 0 Å². The van der Waals surface area contributed by atoms with Crippen molar-refractivity contribution in [2.45, 2.75) is 38.7 Å². The van der Waals surface area contributed by atoms with Gasteiger partial charge in [0.2, 0.25) is 0 Å². The van der Waals surface area contributed by atoms with Crippen LogP contribution in [-0.4, -0.2) is 15.9 Å². The van der Waals surface area contributed by atoms with E-state index in [1.54, 1.807) is 6.20 Å². The molecular formula is C14H19N3O2. The van der Waals surface area contributed by atoms with Crippen LogP contribution < -0.4 is 5.73 Å². The molecule has 5 nitrogen and oxygen atoms in total. The third-order valence-electron chi connectivity index (χ3n) is 4.52. The first-order chi connectivity index (χ1) is 9.22. The van der Waals surface area contributed by atoms with Crippen LogP contribution in [-0.2, 0) is 16.1 Å². The quantitative estimate of drug-likeness (QED) is 0.838. The molecule has 1 aromatic rings. The van der Waals surface area contributed by atoms with Crippen LogP contribution in [0.15, 0.2) is 12.5 Å². The summed E-state index contributed by atoms with van der Waals surface area (Å²) in [5.41, 5.74) is 6.35. The van der Waals surface area contributed by atoms with Gasteiger partial charge in [0.25, 0.3) is 0 Å². The van der Waals surface area contributed by atoms with E-state index in [1.165, 1.54) is 32.0 Å². The minimum atomic E-state index is -0.124. The maximum Gasteiger partial charge on any atom is 0.306 e. The number of hydrogen-bond donors (Lipinski definition) is 1. The molecule has 1 aromatic heterocycles. The van der Waals surface area contributed by atoms with Crippen LogP contribution in [0.25, 0.3) is 0 Å². The minimum absolute atomic E-state index is 0.124. The normalized spacial score (nSPS) is 28.5. The average Bonchev–Trinajstić information content (AvgIpc) is 3.00. The van der Waals surface area contributed by atoms with Crippen molar-refractivity contribution in [1.29, 1.82) is 0 Å². The summed E-state index contributed by atoms with van der Waals surface area (Å²) in [7, 11) is 0. The number of hydrogen-bond acceptors (Lipinski definition) is 5. The highest BCUT2D eigenvalue weighted by atomic mass is 16.5. The Morgan fingerprint density at radius 1 is 1.42 bits per heavy atom. The third kappa shape index (κ3) is 2.69. The molecule has 0 spiro atoms. The second kappa shape index (κ2) is 5.15. The van der Waals surface area contributed by atoms with Gasteiger partial charge < -0.3 is 10.5 Å². The Kier molecular flexibility index (Phi) is 3.36. The Balaban J connectivity index is 1.48. The van der Waals surface area contributed by atoms with Crippen LogP contribution in [0, 0.1) is 17.8 Å². The van der Waals surface area contributed by atoms with E-state index in [0.29, 0.717) is 23.7 Å². The first kappa shape index (κ1) is 12.4. The highest BCUT2D eigenvalue weighted by Gasteiger charge is 2.40. The van der Waals surface area contributed by atoms with Crippen molar-refractivity contribution in [3.05, 3.63) is 18.1 Å². The summed E-state index contributed by atoms with van der Waals surface area (Å²) in [4.78, 5) is 19.6. The van der Waals surface area contributed by atoms with Gasteiger partial charge in [-0.1, -0.05) is 6.42 Å². The van der Waals surface area contributed by atoms with E-state index in [4.69, 9.17) is 10.5 Å². The van der Waals surface area contributed by atoms with Crippen LogP contribution in [0.2, 0.25) is 0 Å². The summed E-state index contributed by atoms with van der Waals surface area (Å²) in [6.07, 6.45) is 8.70. The van der Waals surface area contributed by atoms with E-state index in [0.717, 1.165) is 11.8 Å². The number of ether oxygens (including phenoxy) is 1. The van der Waals surface area contributed by atoms with E-state index >= 15 is 0 Å². The van der Waals surface area contributed by atoms with Crippen molar-refractivity contribution in [2.24, 2.45) is 17.8 Å². The number of carbonyl (C=O) groups excluding carboxylic acids is 1. The van der Waals surface area contributed by atoms with Crippen molar-refractivity contribution in [3.8, 4) is 0 Å². The molecule has 19 heavy (non-hydrogen) atoms. The van der Waals surface area contributed by atoms with E-state index in [9.17, 15) is 4.79 Å². The van der Waals surface area contributed by atoms with Gasteiger partial charge in [0.15, 0.2) is 0 Å². The van der Waals surface area contributed by atoms with E-state index in [-0.39, 0.29) is 12.6 Å². The van der Waals surface area contributed by atoms with Gasteiger partial charge in [-0.15, -0.1) is 0 Å². The molecule has 102 valence electrons. The molecule has 0 unspecified atom stereocenters. The molecule has 2 aliphatic rings. The standard InChI is InChI=1S/C14H19N3O2/c15-14-12(6-16-8-17-14)7-19-13(18)5-11-4-9-1-2-10(11)3-9/h6,8-11H,1-5,7H2,(H2,15,16,17)/t9-,10-,11+/m0/s1. The van der Waals surface area contributed by atoms with Crippen LogP contribution in [0.1, 0.15) is 37.7 Å². The smallest absolute Gasteiger partial charge is 0.306 e. The molecule has 3 rings (SSSR count). The number of nitrogen functional groups attached to an aromatic ring is 1. The lowest BCUT2D eigenvalue weighted by atomic mass is 9.86. The zero-order valence-electron chi connectivity index (χ0n) is 10.9. The Hall–Kier alpha value is -1.65. The van der Waals surface area contributed by atoms with Gasteiger partial charge in [-0.2, -0.15) is 0 Å². The molecule has 5 heteroatoms. The molecule has 0 saturated heterocycles. The number of carbonyl (C=O) groups is 1. The second-order valence-electron chi connectivity index (χ2n) is 5.73. The lowest BCUT2D eigenvalue weighted by Crippen LogP contribution is -2.17. The summed E-state index contributed by atoms with van der Waals surface area (Å²) >= 11 is 0. The summed E-state index contributed by atoms with van der Waals surface area (Å²) in [6.45, 7) is 0.173. The Labute approximate surface area is 112 Å². The van der Waals surface area contributed by atoms with Crippen LogP contribution in [0.4, 0.5) is 5.82 Å². The van der Waals surface area contributed by atoms with Crippen molar-refractivity contribution >= 4 is 11.8 Å². The van der Waals surface area contributed by atoms with Gasteiger partial charge in [0.05, 0.1) is 0 Å². The van der Waals surface area contributed by atoms with Crippen LogP contribution >= 0.6 is 0 Å². The average molecular weight is 261 g/mol. The number of rotatable bonds is 4. The van der Waals surface area contributed by atoms with Gasteiger partial charge >= 0.3 is 5.97 Å². The fraction of sp³-hybridized carbons (Fsp3) is 0.643. The van der Waals surface area contributed by atoms with Crippen molar-refractivity contribution in [3.63, 3.8) is 0 Å². The third-order valence-corrected chi connectivity index (χ3v) is 4.52. The summed E-state index contributed by atoms with van der Waals surface area (Å²) in [6, 6.07) is 0. The van der Waals surface area contributed by atoms with Gasteiger partial charge in [-0.25, -0.2) is 9.97 Å². The predicted molar refractivity (Wildman–Crippen MR) is 69.8 cm³/mol. The fourth-order valence-corrected chi connectivity index (χ4v) is 3.54. The number of aromatic nitrogens is 2. The molecule has 3 atom stereocenters. The molecule has 0 aliphatic heterocycles. The molecular weight excluding hydrogens is 242 g/mol. The number of nitrogens with two attached hydrogens (primary N) is 1. The van der Waals surface area contributed by atoms with Crippen LogP contribution in [0.3, 0.4) is 0 Å². The fourth-order valence-electron chi connectivity index (χ4n) is 3.54. The topological polar surface area (TPSA) is 78.1 Å². The van der Waals surface area contributed by atoms with Crippen LogP contribution in [0.5, 0.6) is 0 Å². The second-order valence-corrected chi connectivity index (χ2v) is 5.73. The molecule has 2 N–H and O–H groups in total. The lowest BCUT2D eigenvalue weighted by molar-refractivity contribution is -0.146. The predicted octanol–water partition coefficient (Wildman–Crippen LogP) is 1.93. The number of esters is 1. The highest BCUT2D eigenvalue weighted by Crippen LogP contribution is 2.49. The Bertz CT molecular complexity index is 478.